The molecule has 0 radical (unpaired) electrons. The summed E-state index contributed by atoms with van der Waals surface area (Å²) in [5.41, 5.74) is 6.32. The lowest BCUT2D eigenvalue weighted by Gasteiger charge is -2.05. The molecule has 0 spiro atoms. The lowest BCUT2D eigenvalue weighted by atomic mass is 10.3. The Kier molecular flexibility index (Phi) is 3.25. The molecule has 1 aromatic carbocycles. The minimum absolute atomic E-state index is 0.489. The van der Waals surface area contributed by atoms with Crippen molar-refractivity contribution >= 4 is 50.2 Å². The molecule has 78 valence electrons. The molecule has 2 aromatic rings. The van der Waals surface area contributed by atoms with Crippen LogP contribution in [-0.4, -0.2) is 0 Å². The zero-order chi connectivity index (χ0) is 10.8. The van der Waals surface area contributed by atoms with Gasteiger partial charge in [0.1, 0.15) is 8.85 Å². The summed E-state index contributed by atoms with van der Waals surface area (Å²) in [7, 11) is 2.82. The standard InChI is InChI=1S/C9H6ClNOS3/c10-7-8(14-15-9(7)13)12-6-4-2-1-3-5(6)11/h1-4H,11H2. The first-order valence-corrected chi connectivity index (χ1v) is 6.93. The number of hydrogen-bond acceptors (Lipinski definition) is 5. The van der Waals surface area contributed by atoms with Gasteiger partial charge in [-0.1, -0.05) is 46.3 Å². The van der Waals surface area contributed by atoms with E-state index in [4.69, 9.17) is 34.3 Å². The van der Waals surface area contributed by atoms with E-state index in [1.54, 1.807) is 12.1 Å². The molecule has 6 heteroatoms. The van der Waals surface area contributed by atoms with Crippen molar-refractivity contribution in [2.24, 2.45) is 0 Å². The Morgan fingerprint density at radius 2 is 2.00 bits per heavy atom. The van der Waals surface area contributed by atoms with Crippen LogP contribution in [0.4, 0.5) is 5.69 Å². The Hall–Kier alpha value is -0.620. The van der Waals surface area contributed by atoms with E-state index >= 15 is 0 Å². The molecule has 15 heavy (non-hydrogen) atoms. The van der Waals surface area contributed by atoms with Gasteiger partial charge in [0.05, 0.1) is 5.69 Å². The molecule has 0 saturated carbocycles. The summed E-state index contributed by atoms with van der Waals surface area (Å²) in [6.07, 6.45) is 0. The molecule has 2 N–H and O–H groups in total. The number of hydrogen-bond donors (Lipinski definition) is 1. The van der Waals surface area contributed by atoms with Crippen LogP contribution in [0.5, 0.6) is 10.8 Å². The molecule has 2 nitrogen and oxygen atoms in total. The number of anilines is 1. The Balaban J connectivity index is 2.34. The predicted octanol–water partition coefficient (Wildman–Crippen LogP) is 4.57. The highest BCUT2D eigenvalue weighted by atomic mass is 35.5. The van der Waals surface area contributed by atoms with Crippen molar-refractivity contribution < 1.29 is 4.74 Å². The molecule has 0 bridgehead atoms. The lowest BCUT2D eigenvalue weighted by molar-refractivity contribution is 0.499. The summed E-state index contributed by atoms with van der Waals surface area (Å²) in [6, 6.07) is 7.26. The van der Waals surface area contributed by atoms with Crippen molar-refractivity contribution in [2.75, 3.05) is 5.73 Å². The molecule has 0 fully saturated rings. The maximum absolute atomic E-state index is 5.96. The zero-order valence-corrected chi connectivity index (χ0v) is 10.6. The van der Waals surface area contributed by atoms with Crippen molar-refractivity contribution in [1.29, 1.82) is 0 Å². The van der Waals surface area contributed by atoms with Gasteiger partial charge in [0.25, 0.3) is 0 Å². The van der Waals surface area contributed by atoms with E-state index in [0.29, 0.717) is 25.3 Å². The van der Waals surface area contributed by atoms with E-state index < -0.39 is 0 Å². The normalized spacial score (nSPS) is 10.2. The number of halogens is 1. The van der Waals surface area contributed by atoms with Crippen molar-refractivity contribution in [3.8, 4) is 10.8 Å². The molecule has 0 unspecified atom stereocenters. The fourth-order valence-electron chi connectivity index (χ4n) is 0.967. The van der Waals surface area contributed by atoms with Crippen molar-refractivity contribution in [1.82, 2.24) is 0 Å². The van der Waals surface area contributed by atoms with E-state index in [1.807, 2.05) is 12.1 Å². The van der Waals surface area contributed by atoms with Gasteiger partial charge in [-0.2, -0.15) is 0 Å². The molecule has 0 aliphatic rings. The monoisotopic (exact) mass is 275 g/mol. The number of benzene rings is 1. The van der Waals surface area contributed by atoms with E-state index in [-0.39, 0.29) is 0 Å². The molecule has 0 aliphatic carbocycles. The van der Waals surface area contributed by atoms with Gasteiger partial charge in [0.2, 0.25) is 5.06 Å². The maximum atomic E-state index is 5.96. The molecule has 0 aliphatic heterocycles. The van der Waals surface area contributed by atoms with Crippen LogP contribution in [0.25, 0.3) is 0 Å². The first kappa shape index (κ1) is 10.9. The van der Waals surface area contributed by atoms with Crippen LogP contribution in [0.2, 0.25) is 5.02 Å². The highest BCUT2D eigenvalue weighted by molar-refractivity contribution is 7.80. The minimum Gasteiger partial charge on any atom is -0.442 e. The van der Waals surface area contributed by atoms with Gasteiger partial charge < -0.3 is 10.5 Å². The van der Waals surface area contributed by atoms with Gasteiger partial charge in [-0.05, 0) is 22.5 Å². The van der Waals surface area contributed by atoms with E-state index in [1.165, 1.54) is 20.7 Å². The zero-order valence-electron chi connectivity index (χ0n) is 7.40. The summed E-state index contributed by atoms with van der Waals surface area (Å²) in [6.45, 7) is 0. The fourth-order valence-corrected chi connectivity index (χ4v) is 3.71. The third-order valence-corrected chi connectivity index (χ3v) is 5.22. The van der Waals surface area contributed by atoms with Gasteiger partial charge in [0.15, 0.2) is 5.75 Å². The Morgan fingerprint density at radius 3 is 2.60 bits per heavy atom. The number of nitrogens with two attached hydrogens (primary N) is 1. The second-order valence-corrected chi connectivity index (χ2v) is 5.85. The molecular formula is C9H6ClNOS3. The lowest BCUT2D eigenvalue weighted by Crippen LogP contribution is -1.89. The SMILES string of the molecule is Nc1ccccc1Oc1ssc(=S)c1Cl. The average Bonchev–Trinajstić information content (AvgIpc) is 2.53. The highest BCUT2D eigenvalue weighted by Gasteiger charge is 2.09. The number of nitrogen functional groups attached to an aromatic ring is 1. The van der Waals surface area contributed by atoms with Crippen LogP contribution in [-0.2, 0) is 0 Å². The number of para-hydroxylation sites is 2. The first-order chi connectivity index (χ1) is 7.18. The summed E-state index contributed by atoms with van der Waals surface area (Å²) in [5, 5.41) is 1.09. The quantitative estimate of drug-likeness (QED) is 0.495. The molecular weight excluding hydrogens is 270 g/mol. The molecule has 1 aromatic heterocycles. The van der Waals surface area contributed by atoms with Crippen LogP contribution in [0.1, 0.15) is 0 Å². The Morgan fingerprint density at radius 1 is 1.27 bits per heavy atom. The van der Waals surface area contributed by atoms with Crippen molar-refractivity contribution in [3.05, 3.63) is 33.1 Å². The van der Waals surface area contributed by atoms with Gasteiger partial charge in [0, 0.05) is 0 Å². The van der Waals surface area contributed by atoms with Crippen LogP contribution in [0.3, 0.4) is 0 Å². The summed E-state index contributed by atoms with van der Waals surface area (Å²) in [5.74, 6) is 0.600. The molecule has 2 rings (SSSR count). The maximum Gasteiger partial charge on any atom is 0.211 e. The van der Waals surface area contributed by atoms with Crippen LogP contribution in [0, 0.1) is 3.82 Å². The van der Waals surface area contributed by atoms with E-state index in [9.17, 15) is 0 Å². The van der Waals surface area contributed by atoms with E-state index in [0.717, 1.165) is 0 Å². The third kappa shape index (κ3) is 2.31. The number of ether oxygens (including phenoxy) is 1. The smallest absolute Gasteiger partial charge is 0.211 e. The molecule has 0 saturated heterocycles. The van der Waals surface area contributed by atoms with E-state index in [2.05, 4.69) is 0 Å². The highest BCUT2D eigenvalue weighted by Crippen LogP contribution is 2.40. The van der Waals surface area contributed by atoms with Gasteiger partial charge in [-0.3, -0.25) is 0 Å². The summed E-state index contributed by atoms with van der Waals surface area (Å²) < 4.78 is 6.21. The van der Waals surface area contributed by atoms with Crippen LogP contribution < -0.4 is 10.5 Å². The second kappa shape index (κ2) is 4.49. The first-order valence-electron chi connectivity index (χ1n) is 3.99. The molecule has 0 atom stereocenters. The Labute approximate surface area is 104 Å². The van der Waals surface area contributed by atoms with Gasteiger partial charge in [-0.15, -0.1) is 0 Å². The Bertz CT molecular complexity index is 534. The topological polar surface area (TPSA) is 35.2 Å². The van der Waals surface area contributed by atoms with Gasteiger partial charge in [-0.25, -0.2) is 0 Å². The third-order valence-electron chi connectivity index (χ3n) is 1.67. The summed E-state index contributed by atoms with van der Waals surface area (Å²) >= 11 is 11.0. The molecule has 0 amide bonds. The average molecular weight is 276 g/mol. The van der Waals surface area contributed by atoms with Crippen LogP contribution >= 0.6 is 44.5 Å². The minimum atomic E-state index is 0.489. The summed E-state index contributed by atoms with van der Waals surface area (Å²) in [4.78, 5) is 0. The van der Waals surface area contributed by atoms with Crippen molar-refractivity contribution in [2.45, 2.75) is 0 Å². The van der Waals surface area contributed by atoms with Crippen LogP contribution in [0.15, 0.2) is 24.3 Å². The van der Waals surface area contributed by atoms with Gasteiger partial charge >= 0.3 is 0 Å². The number of rotatable bonds is 2. The van der Waals surface area contributed by atoms with Crippen molar-refractivity contribution in [3.63, 3.8) is 0 Å². The largest absolute Gasteiger partial charge is 0.442 e. The second-order valence-electron chi connectivity index (χ2n) is 2.70. The molecule has 1 heterocycles. The predicted molar refractivity (Wildman–Crippen MR) is 69.0 cm³/mol. The fraction of sp³-hybridized carbons (Fsp3) is 0.